The number of amides is 3. The molecular formula is C35H46N4O7. The number of ether oxygens (including phenoxy) is 1. The summed E-state index contributed by atoms with van der Waals surface area (Å²) < 4.78 is 5.10. The molecule has 4 N–H and O–H groups in total. The van der Waals surface area contributed by atoms with Crippen LogP contribution < -0.4 is 15.4 Å². The van der Waals surface area contributed by atoms with Gasteiger partial charge in [-0.15, -0.1) is 0 Å². The van der Waals surface area contributed by atoms with Gasteiger partial charge in [-0.05, 0) is 73.9 Å². The smallest absolute Gasteiger partial charge is 0.337 e. The Morgan fingerprint density at radius 2 is 1.76 bits per heavy atom. The molecule has 2 aromatic rings. The molecule has 2 saturated heterocycles. The van der Waals surface area contributed by atoms with Crippen LogP contribution in [0, 0.1) is 5.92 Å². The lowest BCUT2D eigenvalue weighted by atomic mass is 9.78. The molecule has 2 heterocycles. The number of methoxy groups -OCH3 is 1. The molecule has 248 valence electrons. The molecule has 2 atom stereocenters. The highest BCUT2D eigenvalue weighted by Crippen LogP contribution is 2.36. The maximum atomic E-state index is 13.9. The molecule has 11 heteroatoms. The number of nitrogens with one attached hydrogen (secondary N) is 2. The number of anilines is 1. The molecule has 0 radical (unpaired) electrons. The number of aliphatic hydroxyl groups excluding tert-OH is 1. The number of aliphatic hydroxyl groups is 1. The zero-order valence-electron chi connectivity index (χ0n) is 26.8. The van der Waals surface area contributed by atoms with Crippen molar-refractivity contribution in [2.75, 3.05) is 32.1 Å². The average Bonchev–Trinajstić information content (AvgIpc) is 3.07. The topological polar surface area (TPSA) is 149 Å². The minimum Gasteiger partial charge on any atom is -0.497 e. The van der Waals surface area contributed by atoms with Gasteiger partial charge >= 0.3 is 5.97 Å². The number of rotatable bonds is 11. The summed E-state index contributed by atoms with van der Waals surface area (Å²) >= 11 is 0. The summed E-state index contributed by atoms with van der Waals surface area (Å²) in [6.45, 7) is 4.44. The van der Waals surface area contributed by atoms with Gasteiger partial charge in [-0.2, -0.15) is 0 Å². The number of piperidine rings is 1. The summed E-state index contributed by atoms with van der Waals surface area (Å²) in [4.78, 5) is 56.2. The van der Waals surface area contributed by atoms with Gasteiger partial charge in [-0.1, -0.05) is 44.7 Å². The Morgan fingerprint density at radius 1 is 1.07 bits per heavy atom. The van der Waals surface area contributed by atoms with Gasteiger partial charge in [0, 0.05) is 31.7 Å². The van der Waals surface area contributed by atoms with Crippen LogP contribution in [-0.4, -0.2) is 88.1 Å². The number of carboxylic acid groups (broad SMARTS) is 1. The van der Waals surface area contributed by atoms with Gasteiger partial charge in [-0.3, -0.25) is 19.3 Å². The van der Waals surface area contributed by atoms with E-state index in [1.165, 1.54) is 19.2 Å². The van der Waals surface area contributed by atoms with E-state index in [-0.39, 0.29) is 29.0 Å². The molecule has 0 aromatic heterocycles. The molecule has 1 aliphatic carbocycles. The first kappa shape index (κ1) is 33.4. The van der Waals surface area contributed by atoms with Crippen LogP contribution in [-0.2, 0) is 16.1 Å². The number of benzene rings is 2. The van der Waals surface area contributed by atoms with E-state index >= 15 is 0 Å². The van der Waals surface area contributed by atoms with Gasteiger partial charge in [0.05, 0.1) is 24.5 Å². The van der Waals surface area contributed by atoms with Gasteiger partial charge < -0.3 is 30.5 Å². The fraction of sp³-hybridized carbons (Fsp3) is 0.543. The quantitative estimate of drug-likeness (QED) is 0.290. The van der Waals surface area contributed by atoms with Crippen LogP contribution in [0.15, 0.2) is 42.5 Å². The molecule has 0 unspecified atom stereocenters. The summed E-state index contributed by atoms with van der Waals surface area (Å²) in [5.74, 6) is -1.49. The van der Waals surface area contributed by atoms with Crippen molar-refractivity contribution < 1.29 is 34.1 Å². The molecule has 2 aliphatic heterocycles. The second-order valence-corrected chi connectivity index (χ2v) is 12.9. The highest BCUT2D eigenvalue weighted by molar-refractivity contribution is 6.08. The Balaban J connectivity index is 1.21. The third-order valence-electron chi connectivity index (χ3n) is 9.98. The van der Waals surface area contributed by atoms with Gasteiger partial charge in [0.1, 0.15) is 17.3 Å². The Bertz CT molecular complexity index is 1410. The van der Waals surface area contributed by atoms with E-state index in [0.717, 1.165) is 50.5 Å². The van der Waals surface area contributed by atoms with E-state index < -0.39 is 29.6 Å². The number of hydrogen-bond donors (Lipinski definition) is 4. The van der Waals surface area contributed by atoms with E-state index in [1.54, 1.807) is 23.1 Å². The highest BCUT2D eigenvalue weighted by Gasteiger charge is 2.55. The third kappa shape index (κ3) is 7.05. The van der Waals surface area contributed by atoms with Crippen LogP contribution in [0.25, 0.3) is 0 Å². The Morgan fingerprint density at radius 3 is 2.39 bits per heavy atom. The minimum absolute atomic E-state index is 0.0362. The van der Waals surface area contributed by atoms with Crippen LogP contribution in [0.3, 0.4) is 0 Å². The van der Waals surface area contributed by atoms with Crippen LogP contribution in [0.2, 0.25) is 0 Å². The molecule has 0 bridgehead atoms. The monoisotopic (exact) mass is 634 g/mol. The standard InChI is InChI=1S/C35H46N4O7/c1-3-4-18-39-32(42)29(30(40)24-8-6-5-7-9-24)37-34(45)35(39)16-19-38(20-17-35)22-23-10-12-25(13-11-23)31(41)36-28-15-14-26(46-2)21-27(28)33(43)44/h10-15,21,24,29-30,40H,3-9,16-20,22H2,1-2H3,(H,36,41)(H,37,45)(H,43,44)/t29-,30-/m1/s1. The Kier molecular flexibility index (Phi) is 10.6. The predicted molar refractivity (Wildman–Crippen MR) is 173 cm³/mol. The van der Waals surface area contributed by atoms with Crippen LogP contribution in [0.1, 0.15) is 91.0 Å². The zero-order chi connectivity index (χ0) is 32.8. The summed E-state index contributed by atoms with van der Waals surface area (Å²) in [7, 11) is 1.44. The van der Waals surface area contributed by atoms with Crippen molar-refractivity contribution >= 4 is 29.4 Å². The Labute approximate surface area is 270 Å². The lowest BCUT2D eigenvalue weighted by molar-refractivity contribution is -0.166. The molecule has 1 saturated carbocycles. The number of carboxylic acids is 1. The summed E-state index contributed by atoms with van der Waals surface area (Å²) in [6, 6.07) is 10.7. The van der Waals surface area contributed by atoms with Gasteiger partial charge in [-0.25, -0.2) is 4.79 Å². The van der Waals surface area contributed by atoms with Crippen molar-refractivity contribution in [1.82, 2.24) is 15.1 Å². The van der Waals surface area contributed by atoms with E-state index in [4.69, 9.17) is 4.74 Å². The van der Waals surface area contributed by atoms with Crippen molar-refractivity contribution in [3.8, 4) is 5.75 Å². The van der Waals surface area contributed by atoms with Crippen molar-refractivity contribution in [3.63, 3.8) is 0 Å². The molecular weight excluding hydrogens is 588 g/mol. The van der Waals surface area contributed by atoms with Crippen molar-refractivity contribution in [2.45, 2.75) is 88.9 Å². The predicted octanol–water partition coefficient (Wildman–Crippen LogP) is 4.05. The summed E-state index contributed by atoms with van der Waals surface area (Å²) in [6.07, 6.45) is 6.86. The first-order valence-corrected chi connectivity index (χ1v) is 16.5. The van der Waals surface area contributed by atoms with Crippen molar-refractivity contribution in [2.24, 2.45) is 5.92 Å². The molecule has 1 spiro atoms. The molecule has 11 nitrogen and oxygen atoms in total. The maximum Gasteiger partial charge on any atom is 0.337 e. The van der Waals surface area contributed by atoms with Gasteiger partial charge in [0.2, 0.25) is 11.8 Å². The second kappa shape index (κ2) is 14.6. The number of aromatic carboxylic acids is 1. The molecule has 2 aromatic carbocycles. The van der Waals surface area contributed by atoms with E-state index in [0.29, 0.717) is 50.3 Å². The second-order valence-electron chi connectivity index (χ2n) is 12.9. The van der Waals surface area contributed by atoms with Crippen molar-refractivity contribution in [1.29, 1.82) is 0 Å². The van der Waals surface area contributed by atoms with Crippen molar-refractivity contribution in [3.05, 3.63) is 59.2 Å². The average molecular weight is 635 g/mol. The fourth-order valence-corrected chi connectivity index (χ4v) is 7.19. The maximum absolute atomic E-state index is 13.9. The Hall–Kier alpha value is -3.96. The minimum atomic E-state index is -1.17. The number of unbranched alkanes of at least 4 members (excludes halogenated alkanes) is 1. The SMILES string of the molecule is CCCCN1C(=O)[C@@H]([C@H](O)C2CCCCC2)NC(=O)C12CCN(Cc1ccc(C(=O)Nc3ccc(OC)cc3C(=O)O)cc1)CC2. The molecule has 5 rings (SSSR count). The number of carbonyl (C=O) groups excluding carboxylic acids is 3. The van der Waals surface area contributed by atoms with E-state index in [9.17, 15) is 29.4 Å². The number of hydrogen-bond acceptors (Lipinski definition) is 7. The normalized spacial score (nSPS) is 21.1. The highest BCUT2D eigenvalue weighted by atomic mass is 16.5. The molecule has 3 aliphatic rings. The van der Waals surface area contributed by atoms with Gasteiger partial charge in [0.15, 0.2) is 0 Å². The molecule has 3 fully saturated rings. The van der Waals surface area contributed by atoms with E-state index in [2.05, 4.69) is 22.5 Å². The summed E-state index contributed by atoms with van der Waals surface area (Å²) in [5, 5.41) is 26.4. The molecule has 46 heavy (non-hydrogen) atoms. The number of likely N-dealkylation sites (tertiary alicyclic amines) is 1. The number of piperazine rings is 1. The van der Waals surface area contributed by atoms with Gasteiger partial charge in [0.25, 0.3) is 5.91 Å². The fourth-order valence-electron chi connectivity index (χ4n) is 7.19. The largest absolute Gasteiger partial charge is 0.497 e. The lowest BCUT2D eigenvalue weighted by Crippen LogP contribution is -2.75. The van der Waals surface area contributed by atoms with Crippen LogP contribution >= 0.6 is 0 Å². The number of carbonyl (C=O) groups is 4. The third-order valence-corrected chi connectivity index (χ3v) is 9.98. The summed E-state index contributed by atoms with van der Waals surface area (Å²) in [5.41, 5.74) is 0.583. The zero-order valence-corrected chi connectivity index (χ0v) is 26.8. The first-order valence-electron chi connectivity index (χ1n) is 16.5. The number of nitrogens with zero attached hydrogens (tertiary/aromatic N) is 2. The molecule has 3 amide bonds. The van der Waals surface area contributed by atoms with Crippen LogP contribution in [0.5, 0.6) is 5.75 Å². The lowest BCUT2D eigenvalue weighted by Gasteiger charge is -2.52. The first-order chi connectivity index (χ1) is 22.2. The van der Waals surface area contributed by atoms with E-state index in [1.807, 2.05) is 12.1 Å². The van der Waals surface area contributed by atoms with Crippen LogP contribution in [0.4, 0.5) is 5.69 Å².